The van der Waals surface area contributed by atoms with Gasteiger partial charge in [0.1, 0.15) is 11.2 Å². The third kappa shape index (κ3) is 2.37. The zero-order valence-corrected chi connectivity index (χ0v) is 14.2. The molecule has 6 nitrogen and oxygen atoms in total. The topological polar surface area (TPSA) is 63.8 Å². The highest BCUT2D eigenvalue weighted by Gasteiger charge is 2.19. The van der Waals surface area contributed by atoms with Crippen LogP contribution in [0.1, 0.15) is 0 Å². The van der Waals surface area contributed by atoms with E-state index in [1.807, 2.05) is 18.2 Å². The molecule has 0 aliphatic carbocycles. The number of H-pyrrole nitrogens is 2. The van der Waals surface area contributed by atoms with Gasteiger partial charge < -0.3 is 14.8 Å². The maximum absolute atomic E-state index is 4.91. The zero-order valence-electron chi connectivity index (χ0n) is 14.2. The van der Waals surface area contributed by atoms with Crippen LogP contribution in [0.15, 0.2) is 42.5 Å². The van der Waals surface area contributed by atoms with E-state index < -0.39 is 0 Å². The molecule has 0 amide bonds. The summed E-state index contributed by atoms with van der Waals surface area (Å²) < 4.78 is 0. The first-order valence-electron chi connectivity index (χ1n) is 8.65. The van der Waals surface area contributed by atoms with E-state index in [0.29, 0.717) is 0 Å². The van der Waals surface area contributed by atoms with Gasteiger partial charge in [0.25, 0.3) is 0 Å². The standard InChI is InChI=1S/C19H20N6/c1-24-9-11-25(12-10-24)16-8-4-7-15-18(16)21-19(20-15)17-13-5-2-3-6-14(13)22-23-17/h2-8H,9-12H2,1H3,(H,20,21)(H,22,23). The summed E-state index contributed by atoms with van der Waals surface area (Å²) in [5, 5.41) is 8.65. The number of likely N-dealkylation sites (N-methyl/N-ethyl adjacent to an activating group) is 1. The van der Waals surface area contributed by atoms with Gasteiger partial charge in [-0.25, -0.2) is 4.98 Å². The minimum absolute atomic E-state index is 0.814. The number of anilines is 1. The second-order valence-corrected chi connectivity index (χ2v) is 6.67. The number of hydrogen-bond donors (Lipinski definition) is 2. The molecule has 126 valence electrons. The van der Waals surface area contributed by atoms with Gasteiger partial charge in [-0.3, -0.25) is 5.10 Å². The Balaban J connectivity index is 1.61. The number of benzene rings is 2. The number of imidazole rings is 1. The molecule has 2 aromatic carbocycles. The van der Waals surface area contributed by atoms with Crippen LogP contribution in [-0.4, -0.2) is 58.3 Å². The van der Waals surface area contributed by atoms with E-state index in [4.69, 9.17) is 4.98 Å². The van der Waals surface area contributed by atoms with Crippen LogP contribution in [0.3, 0.4) is 0 Å². The molecule has 0 saturated carbocycles. The van der Waals surface area contributed by atoms with Crippen molar-refractivity contribution in [3.05, 3.63) is 42.5 Å². The van der Waals surface area contributed by atoms with Crippen LogP contribution in [-0.2, 0) is 0 Å². The maximum atomic E-state index is 4.91. The summed E-state index contributed by atoms with van der Waals surface area (Å²) in [7, 11) is 2.17. The lowest BCUT2D eigenvalue weighted by molar-refractivity contribution is 0.313. The average Bonchev–Trinajstić information content (AvgIpc) is 3.26. The van der Waals surface area contributed by atoms with E-state index in [9.17, 15) is 0 Å². The number of piperazine rings is 1. The van der Waals surface area contributed by atoms with E-state index in [1.54, 1.807) is 0 Å². The second kappa shape index (κ2) is 5.60. The van der Waals surface area contributed by atoms with E-state index in [2.05, 4.69) is 56.3 Å². The molecule has 2 N–H and O–H groups in total. The first-order valence-corrected chi connectivity index (χ1v) is 8.65. The third-order valence-electron chi connectivity index (χ3n) is 5.03. The average molecular weight is 332 g/mol. The summed E-state index contributed by atoms with van der Waals surface area (Å²) >= 11 is 0. The highest BCUT2D eigenvalue weighted by Crippen LogP contribution is 2.30. The van der Waals surface area contributed by atoms with E-state index >= 15 is 0 Å². The Bertz CT molecular complexity index is 1040. The number of aromatic nitrogens is 4. The molecule has 1 aliphatic rings. The number of nitrogens with one attached hydrogen (secondary N) is 2. The van der Waals surface area contributed by atoms with Gasteiger partial charge in [0.05, 0.1) is 16.7 Å². The van der Waals surface area contributed by atoms with Gasteiger partial charge in [-0.2, -0.15) is 5.10 Å². The van der Waals surface area contributed by atoms with E-state index in [-0.39, 0.29) is 0 Å². The molecule has 5 rings (SSSR count). The van der Waals surface area contributed by atoms with Crippen LogP contribution in [0.5, 0.6) is 0 Å². The third-order valence-corrected chi connectivity index (χ3v) is 5.03. The van der Waals surface area contributed by atoms with Crippen molar-refractivity contribution >= 4 is 27.6 Å². The van der Waals surface area contributed by atoms with Crippen molar-refractivity contribution in [2.24, 2.45) is 0 Å². The van der Waals surface area contributed by atoms with Crippen LogP contribution in [0.4, 0.5) is 5.69 Å². The molecule has 6 heteroatoms. The monoisotopic (exact) mass is 332 g/mol. The Labute approximate surface area is 145 Å². The highest BCUT2D eigenvalue weighted by atomic mass is 15.3. The first-order chi connectivity index (χ1) is 12.3. The number of rotatable bonds is 2. The van der Waals surface area contributed by atoms with Gasteiger partial charge in [0.2, 0.25) is 0 Å². The number of fused-ring (bicyclic) bond motifs is 2. The Kier molecular flexibility index (Phi) is 3.24. The maximum Gasteiger partial charge on any atom is 0.159 e. The second-order valence-electron chi connectivity index (χ2n) is 6.67. The Morgan fingerprint density at radius 3 is 2.60 bits per heavy atom. The minimum atomic E-state index is 0.814. The number of aromatic amines is 2. The SMILES string of the molecule is CN1CCN(c2cccc3[nH]c(-c4n[nH]c5ccccc45)nc23)CC1. The smallest absolute Gasteiger partial charge is 0.159 e. The molecule has 0 atom stereocenters. The molecule has 3 heterocycles. The molecule has 1 saturated heterocycles. The van der Waals surface area contributed by atoms with Crippen LogP contribution >= 0.6 is 0 Å². The number of nitrogens with zero attached hydrogens (tertiary/aromatic N) is 4. The summed E-state index contributed by atoms with van der Waals surface area (Å²) in [6, 6.07) is 14.5. The van der Waals surface area contributed by atoms with Gasteiger partial charge in [0, 0.05) is 31.6 Å². The van der Waals surface area contributed by atoms with Crippen molar-refractivity contribution in [3.63, 3.8) is 0 Å². The Morgan fingerprint density at radius 1 is 0.920 bits per heavy atom. The normalized spacial score (nSPS) is 16.1. The Morgan fingerprint density at radius 2 is 1.72 bits per heavy atom. The largest absolute Gasteiger partial charge is 0.367 e. The molecular weight excluding hydrogens is 312 g/mol. The summed E-state index contributed by atoms with van der Waals surface area (Å²) in [6.45, 7) is 4.22. The lowest BCUT2D eigenvalue weighted by Crippen LogP contribution is -2.44. The summed E-state index contributed by atoms with van der Waals surface area (Å²) in [5.41, 5.74) is 5.17. The molecule has 2 aromatic heterocycles. The quantitative estimate of drug-likeness (QED) is 0.592. The molecule has 0 bridgehead atoms. The van der Waals surface area contributed by atoms with Crippen molar-refractivity contribution in [1.82, 2.24) is 25.1 Å². The molecule has 0 unspecified atom stereocenters. The van der Waals surface area contributed by atoms with Crippen molar-refractivity contribution in [1.29, 1.82) is 0 Å². The fraction of sp³-hybridized carbons (Fsp3) is 0.263. The van der Waals surface area contributed by atoms with Gasteiger partial charge in [-0.15, -0.1) is 0 Å². The summed E-state index contributed by atoms with van der Waals surface area (Å²) in [4.78, 5) is 13.1. The van der Waals surface area contributed by atoms with Crippen LogP contribution in [0.2, 0.25) is 0 Å². The molecule has 1 aliphatic heterocycles. The molecule has 0 spiro atoms. The predicted octanol–water partition coefficient (Wildman–Crippen LogP) is 2.86. The van der Waals surface area contributed by atoms with Crippen LogP contribution < -0.4 is 4.90 Å². The highest BCUT2D eigenvalue weighted by molar-refractivity contribution is 5.95. The van der Waals surface area contributed by atoms with Crippen molar-refractivity contribution in [2.45, 2.75) is 0 Å². The fourth-order valence-electron chi connectivity index (χ4n) is 3.58. The minimum Gasteiger partial charge on any atom is -0.367 e. The lowest BCUT2D eigenvalue weighted by Gasteiger charge is -2.34. The number of hydrogen-bond acceptors (Lipinski definition) is 4. The van der Waals surface area contributed by atoms with Crippen molar-refractivity contribution in [2.75, 3.05) is 38.1 Å². The van der Waals surface area contributed by atoms with Gasteiger partial charge in [-0.1, -0.05) is 24.3 Å². The molecule has 0 radical (unpaired) electrons. The van der Waals surface area contributed by atoms with Crippen LogP contribution in [0, 0.1) is 0 Å². The summed E-state index contributed by atoms with van der Waals surface area (Å²) in [5.74, 6) is 0.814. The summed E-state index contributed by atoms with van der Waals surface area (Å²) in [6.07, 6.45) is 0. The predicted molar refractivity (Wildman–Crippen MR) is 101 cm³/mol. The number of para-hydroxylation sites is 2. The van der Waals surface area contributed by atoms with Crippen molar-refractivity contribution in [3.8, 4) is 11.5 Å². The molecule has 4 aromatic rings. The zero-order chi connectivity index (χ0) is 16.8. The van der Waals surface area contributed by atoms with Crippen LogP contribution in [0.25, 0.3) is 33.5 Å². The molecule has 1 fully saturated rings. The molecule has 25 heavy (non-hydrogen) atoms. The first kappa shape index (κ1) is 14.5. The van der Waals surface area contributed by atoms with E-state index in [1.165, 1.54) is 5.69 Å². The lowest BCUT2D eigenvalue weighted by atomic mass is 10.2. The van der Waals surface area contributed by atoms with Crippen molar-refractivity contribution < 1.29 is 0 Å². The van der Waals surface area contributed by atoms with Gasteiger partial charge in [-0.05, 0) is 25.2 Å². The Hall–Kier alpha value is -2.86. The van der Waals surface area contributed by atoms with Gasteiger partial charge >= 0.3 is 0 Å². The fourth-order valence-corrected chi connectivity index (χ4v) is 3.58. The van der Waals surface area contributed by atoms with Gasteiger partial charge in [0.15, 0.2) is 5.82 Å². The molecular formula is C19H20N6. The van der Waals surface area contributed by atoms with E-state index in [0.717, 1.165) is 59.6 Å².